The van der Waals surface area contributed by atoms with Gasteiger partial charge < -0.3 is 10.1 Å². The first kappa shape index (κ1) is 14.0. The summed E-state index contributed by atoms with van der Waals surface area (Å²) < 4.78 is 7.71. The third-order valence-electron chi connectivity index (χ3n) is 2.12. The van der Waals surface area contributed by atoms with Crippen LogP contribution in [0, 0.1) is 0 Å². The number of halogens is 2. The Balaban J connectivity index is 2.85. The SMILES string of the molecule is CCCNCc1cc(Br)cc(Br)c1OCC. The van der Waals surface area contributed by atoms with E-state index in [1.807, 2.05) is 13.0 Å². The second kappa shape index (κ2) is 7.30. The molecule has 0 radical (unpaired) electrons. The Labute approximate surface area is 114 Å². The van der Waals surface area contributed by atoms with Gasteiger partial charge in [0.05, 0.1) is 11.1 Å². The molecule has 1 N–H and O–H groups in total. The highest BCUT2D eigenvalue weighted by Gasteiger charge is 2.09. The van der Waals surface area contributed by atoms with Gasteiger partial charge in [-0.05, 0) is 48.0 Å². The lowest BCUT2D eigenvalue weighted by Crippen LogP contribution is -2.15. The lowest BCUT2D eigenvalue weighted by atomic mass is 10.2. The molecule has 0 saturated carbocycles. The summed E-state index contributed by atoms with van der Waals surface area (Å²) in [4.78, 5) is 0. The molecule has 0 spiro atoms. The molecule has 0 saturated heterocycles. The highest BCUT2D eigenvalue weighted by atomic mass is 79.9. The molecule has 0 aliphatic carbocycles. The van der Waals surface area contributed by atoms with E-state index in [0.29, 0.717) is 6.61 Å². The number of hydrogen-bond acceptors (Lipinski definition) is 2. The molecule has 1 aromatic carbocycles. The molecule has 0 heterocycles. The summed E-state index contributed by atoms with van der Waals surface area (Å²) in [7, 11) is 0. The van der Waals surface area contributed by atoms with E-state index in [1.165, 1.54) is 5.56 Å². The third-order valence-corrected chi connectivity index (χ3v) is 3.16. The van der Waals surface area contributed by atoms with Crippen molar-refractivity contribution >= 4 is 31.9 Å². The molecule has 1 aromatic rings. The first-order chi connectivity index (χ1) is 7.69. The third kappa shape index (κ3) is 4.07. The number of benzene rings is 1. The lowest BCUT2D eigenvalue weighted by molar-refractivity contribution is 0.333. The van der Waals surface area contributed by atoms with Gasteiger partial charge in [-0.15, -0.1) is 0 Å². The standard InChI is InChI=1S/C12H17Br2NO/c1-3-5-15-8-9-6-10(13)7-11(14)12(9)16-4-2/h6-7,15H,3-5,8H2,1-2H3. The van der Waals surface area contributed by atoms with Crippen LogP contribution in [0.15, 0.2) is 21.1 Å². The fourth-order valence-corrected chi connectivity index (χ4v) is 2.88. The van der Waals surface area contributed by atoms with Crippen molar-refractivity contribution < 1.29 is 4.74 Å². The van der Waals surface area contributed by atoms with Crippen LogP contribution in [0.4, 0.5) is 0 Å². The second-order valence-electron chi connectivity index (χ2n) is 3.49. The van der Waals surface area contributed by atoms with Crippen LogP contribution >= 0.6 is 31.9 Å². The first-order valence-corrected chi connectivity index (χ1v) is 7.09. The van der Waals surface area contributed by atoms with Gasteiger partial charge in [-0.1, -0.05) is 22.9 Å². The number of nitrogens with one attached hydrogen (secondary N) is 1. The van der Waals surface area contributed by atoms with E-state index >= 15 is 0 Å². The monoisotopic (exact) mass is 349 g/mol. The van der Waals surface area contributed by atoms with Crippen LogP contribution in [0.2, 0.25) is 0 Å². The molecule has 0 amide bonds. The van der Waals surface area contributed by atoms with Gasteiger partial charge in [-0.3, -0.25) is 0 Å². The summed E-state index contributed by atoms with van der Waals surface area (Å²) in [6.07, 6.45) is 1.14. The van der Waals surface area contributed by atoms with Gasteiger partial charge in [0, 0.05) is 16.6 Å². The Bertz CT molecular complexity index is 342. The fourth-order valence-electron chi connectivity index (χ4n) is 1.45. The van der Waals surface area contributed by atoms with E-state index in [2.05, 4.69) is 50.2 Å². The summed E-state index contributed by atoms with van der Waals surface area (Å²) in [5.41, 5.74) is 1.18. The molecule has 90 valence electrons. The van der Waals surface area contributed by atoms with Gasteiger partial charge in [-0.25, -0.2) is 0 Å². The van der Waals surface area contributed by atoms with Crippen molar-refractivity contribution in [1.29, 1.82) is 0 Å². The van der Waals surface area contributed by atoms with Crippen LogP contribution in [-0.4, -0.2) is 13.2 Å². The number of hydrogen-bond donors (Lipinski definition) is 1. The van der Waals surface area contributed by atoms with Crippen molar-refractivity contribution in [2.45, 2.75) is 26.8 Å². The van der Waals surface area contributed by atoms with E-state index in [1.54, 1.807) is 0 Å². The Morgan fingerprint density at radius 1 is 1.25 bits per heavy atom. The molecule has 0 fully saturated rings. The van der Waals surface area contributed by atoms with E-state index in [9.17, 15) is 0 Å². The predicted molar refractivity (Wildman–Crippen MR) is 75.0 cm³/mol. The second-order valence-corrected chi connectivity index (χ2v) is 5.26. The van der Waals surface area contributed by atoms with Crippen molar-refractivity contribution in [2.24, 2.45) is 0 Å². The Morgan fingerprint density at radius 2 is 2.00 bits per heavy atom. The zero-order valence-corrected chi connectivity index (χ0v) is 12.8. The molecule has 2 nitrogen and oxygen atoms in total. The van der Waals surface area contributed by atoms with Crippen LogP contribution in [0.25, 0.3) is 0 Å². The number of rotatable bonds is 6. The minimum atomic E-state index is 0.682. The molecule has 0 unspecified atom stereocenters. The smallest absolute Gasteiger partial charge is 0.138 e. The van der Waals surface area contributed by atoms with E-state index in [0.717, 1.165) is 34.2 Å². The zero-order valence-electron chi connectivity index (χ0n) is 9.65. The Kier molecular flexibility index (Phi) is 6.39. The molecule has 0 bridgehead atoms. The Hall–Kier alpha value is -0.0600. The molecule has 0 atom stereocenters. The quantitative estimate of drug-likeness (QED) is 0.779. The molecular weight excluding hydrogens is 334 g/mol. The predicted octanol–water partition coefficient (Wildman–Crippen LogP) is 4.11. The highest BCUT2D eigenvalue weighted by Crippen LogP contribution is 2.32. The van der Waals surface area contributed by atoms with Crippen LogP contribution in [-0.2, 0) is 6.54 Å². The van der Waals surface area contributed by atoms with Crippen molar-refractivity contribution in [2.75, 3.05) is 13.2 Å². The van der Waals surface area contributed by atoms with Crippen LogP contribution in [0.3, 0.4) is 0 Å². The van der Waals surface area contributed by atoms with E-state index < -0.39 is 0 Å². The molecule has 1 rings (SSSR count). The van der Waals surface area contributed by atoms with Gasteiger partial charge in [0.1, 0.15) is 5.75 Å². The first-order valence-electron chi connectivity index (χ1n) is 5.50. The minimum Gasteiger partial charge on any atom is -0.492 e. The summed E-state index contributed by atoms with van der Waals surface area (Å²) in [6, 6.07) is 4.10. The Morgan fingerprint density at radius 3 is 2.62 bits per heavy atom. The summed E-state index contributed by atoms with van der Waals surface area (Å²) in [5.74, 6) is 0.939. The van der Waals surface area contributed by atoms with Crippen molar-refractivity contribution in [3.8, 4) is 5.75 Å². The minimum absolute atomic E-state index is 0.682. The van der Waals surface area contributed by atoms with Gasteiger partial charge in [0.15, 0.2) is 0 Å². The summed E-state index contributed by atoms with van der Waals surface area (Å²) >= 11 is 7.02. The molecule has 0 aromatic heterocycles. The maximum Gasteiger partial charge on any atom is 0.138 e. The van der Waals surface area contributed by atoms with E-state index in [-0.39, 0.29) is 0 Å². The molecule has 16 heavy (non-hydrogen) atoms. The van der Waals surface area contributed by atoms with Gasteiger partial charge in [-0.2, -0.15) is 0 Å². The summed E-state index contributed by atoms with van der Waals surface area (Å²) in [5, 5.41) is 3.38. The van der Waals surface area contributed by atoms with Gasteiger partial charge in [0.25, 0.3) is 0 Å². The van der Waals surface area contributed by atoms with Gasteiger partial charge in [0.2, 0.25) is 0 Å². The van der Waals surface area contributed by atoms with Crippen molar-refractivity contribution in [3.05, 3.63) is 26.6 Å². The largest absolute Gasteiger partial charge is 0.492 e. The lowest BCUT2D eigenvalue weighted by Gasteiger charge is -2.13. The summed E-state index contributed by atoms with van der Waals surface area (Å²) in [6.45, 7) is 6.70. The molecule has 4 heteroatoms. The van der Waals surface area contributed by atoms with Crippen LogP contribution in [0.1, 0.15) is 25.8 Å². The molecular formula is C12H17Br2NO. The topological polar surface area (TPSA) is 21.3 Å². The maximum atomic E-state index is 5.65. The van der Waals surface area contributed by atoms with Crippen LogP contribution in [0.5, 0.6) is 5.75 Å². The average molecular weight is 351 g/mol. The van der Waals surface area contributed by atoms with E-state index in [4.69, 9.17) is 4.74 Å². The fraction of sp³-hybridized carbons (Fsp3) is 0.500. The molecule has 0 aliphatic rings. The number of ether oxygens (including phenoxy) is 1. The van der Waals surface area contributed by atoms with Crippen LogP contribution < -0.4 is 10.1 Å². The van der Waals surface area contributed by atoms with Gasteiger partial charge >= 0.3 is 0 Å². The van der Waals surface area contributed by atoms with Crippen molar-refractivity contribution in [1.82, 2.24) is 5.32 Å². The normalized spacial score (nSPS) is 10.5. The highest BCUT2D eigenvalue weighted by molar-refractivity contribution is 9.11. The average Bonchev–Trinajstić information content (AvgIpc) is 2.23. The molecule has 0 aliphatic heterocycles. The zero-order chi connectivity index (χ0) is 12.0. The van der Waals surface area contributed by atoms with Crippen molar-refractivity contribution in [3.63, 3.8) is 0 Å². The maximum absolute atomic E-state index is 5.65.